The summed E-state index contributed by atoms with van der Waals surface area (Å²) in [6, 6.07) is 1.03. The largest absolute Gasteiger partial charge is 0.383 e. The second-order valence-corrected chi connectivity index (χ2v) is 3.43. The summed E-state index contributed by atoms with van der Waals surface area (Å²) >= 11 is 0. The molecule has 0 aromatic carbocycles. The van der Waals surface area contributed by atoms with Gasteiger partial charge in [-0.25, -0.2) is 0 Å². The molecule has 12 heavy (non-hydrogen) atoms. The van der Waals surface area contributed by atoms with Crippen LogP contribution in [0.5, 0.6) is 0 Å². The van der Waals surface area contributed by atoms with Crippen molar-refractivity contribution in [2.24, 2.45) is 0 Å². The third kappa shape index (κ3) is 4.70. The lowest BCUT2D eigenvalue weighted by Crippen LogP contribution is -2.41. The monoisotopic (exact) mass is 174 g/mol. The summed E-state index contributed by atoms with van der Waals surface area (Å²) in [6.07, 6.45) is 0. The summed E-state index contributed by atoms with van der Waals surface area (Å²) in [5.74, 6) is 0. The number of nitrogens with one attached hydrogen (secondary N) is 1. The highest BCUT2D eigenvalue weighted by atomic mass is 16.5. The minimum absolute atomic E-state index is 0.491. The van der Waals surface area contributed by atoms with Gasteiger partial charge in [-0.1, -0.05) is 0 Å². The van der Waals surface area contributed by atoms with Crippen molar-refractivity contribution in [1.82, 2.24) is 10.2 Å². The predicted octanol–water partition coefficient (Wildman–Crippen LogP) is 0.561. The molecule has 0 bridgehead atoms. The smallest absolute Gasteiger partial charge is 0.0615 e. The molecule has 74 valence electrons. The van der Waals surface area contributed by atoms with E-state index in [2.05, 4.69) is 31.1 Å². The Morgan fingerprint density at radius 1 is 1.42 bits per heavy atom. The summed E-state index contributed by atoms with van der Waals surface area (Å²) in [4.78, 5) is 2.30. The second kappa shape index (κ2) is 6.40. The van der Waals surface area contributed by atoms with Gasteiger partial charge in [0.1, 0.15) is 0 Å². The lowest BCUT2D eigenvalue weighted by atomic mass is 10.2. The Balaban J connectivity index is 3.62. The van der Waals surface area contributed by atoms with Crippen molar-refractivity contribution in [2.75, 3.05) is 34.4 Å². The summed E-state index contributed by atoms with van der Waals surface area (Å²) in [6.45, 7) is 6.20. The Morgan fingerprint density at radius 3 is 2.42 bits per heavy atom. The van der Waals surface area contributed by atoms with E-state index >= 15 is 0 Å². The average Bonchev–Trinajstić information content (AvgIpc) is 2.04. The number of nitrogens with zero attached hydrogens (tertiary/aromatic N) is 1. The number of methoxy groups -OCH3 is 1. The van der Waals surface area contributed by atoms with Crippen LogP contribution in [0.2, 0.25) is 0 Å². The lowest BCUT2D eigenvalue weighted by Gasteiger charge is -2.26. The molecule has 0 saturated heterocycles. The molecule has 0 heterocycles. The molecule has 3 heteroatoms. The van der Waals surface area contributed by atoms with Crippen molar-refractivity contribution in [3.05, 3.63) is 0 Å². The van der Waals surface area contributed by atoms with Crippen molar-refractivity contribution in [1.29, 1.82) is 0 Å². The molecule has 0 saturated carbocycles. The summed E-state index contributed by atoms with van der Waals surface area (Å²) in [7, 11) is 5.85. The fourth-order valence-corrected chi connectivity index (χ4v) is 1.07. The molecule has 0 aromatic rings. The highest BCUT2D eigenvalue weighted by Crippen LogP contribution is 1.97. The van der Waals surface area contributed by atoms with Gasteiger partial charge in [-0.15, -0.1) is 0 Å². The molecule has 0 radical (unpaired) electrons. The van der Waals surface area contributed by atoms with Gasteiger partial charge in [0.15, 0.2) is 0 Å². The van der Waals surface area contributed by atoms with E-state index in [1.807, 2.05) is 7.05 Å². The maximum Gasteiger partial charge on any atom is 0.0615 e. The fourth-order valence-electron chi connectivity index (χ4n) is 1.07. The van der Waals surface area contributed by atoms with Crippen LogP contribution in [0.1, 0.15) is 13.8 Å². The van der Waals surface area contributed by atoms with Crippen molar-refractivity contribution in [3.8, 4) is 0 Å². The molecule has 2 unspecified atom stereocenters. The quantitative estimate of drug-likeness (QED) is 0.637. The van der Waals surface area contributed by atoms with E-state index in [1.54, 1.807) is 7.11 Å². The van der Waals surface area contributed by atoms with Gasteiger partial charge in [-0.3, -0.25) is 4.90 Å². The Bertz CT molecular complexity index is 109. The number of rotatable bonds is 6. The maximum atomic E-state index is 5.08. The summed E-state index contributed by atoms with van der Waals surface area (Å²) < 4.78 is 5.08. The van der Waals surface area contributed by atoms with E-state index in [-0.39, 0.29) is 0 Å². The zero-order chi connectivity index (χ0) is 9.56. The number of likely N-dealkylation sites (N-methyl/N-ethyl adjacent to an activating group) is 2. The molecule has 0 spiro atoms. The Kier molecular flexibility index (Phi) is 6.34. The Labute approximate surface area is 76.1 Å². The zero-order valence-corrected chi connectivity index (χ0v) is 8.92. The van der Waals surface area contributed by atoms with Gasteiger partial charge >= 0.3 is 0 Å². The minimum atomic E-state index is 0.491. The fraction of sp³-hybridized carbons (Fsp3) is 1.00. The molecule has 0 aromatic heterocycles. The molecule has 0 fully saturated rings. The van der Waals surface area contributed by atoms with E-state index in [0.717, 1.165) is 13.2 Å². The van der Waals surface area contributed by atoms with Crippen LogP contribution in [0.15, 0.2) is 0 Å². The molecular formula is C9H22N2O. The third-order valence-corrected chi connectivity index (χ3v) is 2.21. The molecule has 2 atom stereocenters. The van der Waals surface area contributed by atoms with E-state index < -0.39 is 0 Å². The van der Waals surface area contributed by atoms with Crippen LogP contribution in [0.4, 0.5) is 0 Å². The van der Waals surface area contributed by atoms with E-state index in [4.69, 9.17) is 4.74 Å². The molecule has 0 aliphatic heterocycles. The van der Waals surface area contributed by atoms with Crippen LogP contribution >= 0.6 is 0 Å². The van der Waals surface area contributed by atoms with Gasteiger partial charge in [0.2, 0.25) is 0 Å². The molecule has 0 aliphatic rings. The van der Waals surface area contributed by atoms with Crippen LogP contribution in [-0.2, 0) is 4.74 Å². The Hall–Kier alpha value is -0.120. The highest BCUT2D eigenvalue weighted by Gasteiger charge is 2.10. The lowest BCUT2D eigenvalue weighted by molar-refractivity contribution is 0.111. The van der Waals surface area contributed by atoms with Crippen LogP contribution in [-0.4, -0.2) is 51.3 Å². The molecule has 0 amide bonds. The van der Waals surface area contributed by atoms with Gasteiger partial charge in [-0.2, -0.15) is 0 Å². The van der Waals surface area contributed by atoms with E-state index in [9.17, 15) is 0 Å². The SMILES string of the molecule is CNC(C)CN(C)C(C)COC. The Morgan fingerprint density at radius 2 is 2.00 bits per heavy atom. The van der Waals surface area contributed by atoms with Crippen LogP contribution in [0.3, 0.4) is 0 Å². The van der Waals surface area contributed by atoms with Gasteiger partial charge in [0, 0.05) is 25.7 Å². The van der Waals surface area contributed by atoms with Crippen molar-refractivity contribution >= 4 is 0 Å². The van der Waals surface area contributed by atoms with Gasteiger partial charge < -0.3 is 10.1 Å². The zero-order valence-electron chi connectivity index (χ0n) is 8.92. The van der Waals surface area contributed by atoms with Crippen LogP contribution < -0.4 is 5.32 Å². The number of hydrogen-bond acceptors (Lipinski definition) is 3. The third-order valence-electron chi connectivity index (χ3n) is 2.21. The molecule has 1 N–H and O–H groups in total. The molecule has 0 rings (SSSR count). The first kappa shape index (κ1) is 11.9. The van der Waals surface area contributed by atoms with Gasteiger partial charge in [0.25, 0.3) is 0 Å². The first-order valence-electron chi connectivity index (χ1n) is 4.48. The van der Waals surface area contributed by atoms with E-state index in [1.165, 1.54) is 0 Å². The highest BCUT2D eigenvalue weighted by molar-refractivity contribution is 4.68. The topological polar surface area (TPSA) is 24.5 Å². The first-order chi connectivity index (χ1) is 5.61. The average molecular weight is 174 g/mol. The van der Waals surface area contributed by atoms with Crippen LogP contribution in [0, 0.1) is 0 Å². The summed E-state index contributed by atoms with van der Waals surface area (Å²) in [5.41, 5.74) is 0. The number of hydrogen-bond donors (Lipinski definition) is 1. The van der Waals surface area contributed by atoms with Crippen molar-refractivity contribution in [2.45, 2.75) is 25.9 Å². The molecule has 0 aliphatic carbocycles. The molecule has 3 nitrogen and oxygen atoms in total. The van der Waals surface area contributed by atoms with E-state index in [0.29, 0.717) is 12.1 Å². The van der Waals surface area contributed by atoms with Crippen LogP contribution in [0.25, 0.3) is 0 Å². The van der Waals surface area contributed by atoms with Gasteiger partial charge in [0.05, 0.1) is 6.61 Å². The minimum Gasteiger partial charge on any atom is -0.383 e. The van der Waals surface area contributed by atoms with Gasteiger partial charge in [-0.05, 0) is 27.9 Å². The van der Waals surface area contributed by atoms with Crippen molar-refractivity contribution in [3.63, 3.8) is 0 Å². The normalized spacial score (nSPS) is 16.5. The standard InChI is InChI=1S/C9H22N2O/c1-8(10-3)6-11(4)9(2)7-12-5/h8-10H,6-7H2,1-5H3. The van der Waals surface area contributed by atoms with Crippen molar-refractivity contribution < 1.29 is 4.74 Å². The number of ether oxygens (including phenoxy) is 1. The summed E-state index contributed by atoms with van der Waals surface area (Å²) in [5, 5.41) is 3.21. The molecular weight excluding hydrogens is 152 g/mol. The second-order valence-electron chi connectivity index (χ2n) is 3.43. The first-order valence-corrected chi connectivity index (χ1v) is 4.48. The predicted molar refractivity (Wildman–Crippen MR) is 52.5 cm³/mol. The maximum absolute atomic E-state index is 5.08.